The second kappa shape index (κ2) is 13.6. The number of carbonyl (C=O) groups excluding carboxylic acids is 2. The predicted octanol–water partition coefficient (Wildman–Crippen LogP) is 1.92. The van der Waals surface area contributed by atoms with Crippen LogP contribution in [0.5, 0.6) is 0 Å². The average molecular weight is 306 g/mol. The number of esters is 1. The van der Waals surface area contributed by atoms with Crippen LogP contribution in [-0.2, 0) is 28.5 Å². The minimum Gasteiger partial charge on any atom is -0.461 e. The molecule has 0 spiro atoms. The van der Waals surface area contributed by atoms with Crippen LogP contribution in [0.15, 0.2) is 0 Å². The van der Waals surface area contributed by atoms with E-state index >= 15 is 0 Å². The van der Waals surface area contributed by atoms with E-state index in [4.69, 9.17) is 14.2 Å². The van der Waals surface area contributed by atoms with E-state index in [2.05, 4.69) is 16.4 Å². The van der Waals surface area contributed by atoms with E-state index < -0.39 is 18.2 Å². The van der Waals surface area contributed by atoms with Crippen molar-refractivity contribution in [1.82, 2.24) is 0 Å². The Kier molecular flexibility index (Phi) is 12.8. The van der Waals surface area contributed by atoms with E-state index in [0.717, 1.165) is 19.4 Å². The quantitative estimate of drug-likeness (QED) is 0.402. The van der Waals surface area contributed by atoms with Crippen molar-refractivity contribution in [2.45, 2.75) is 39.7 Å². The fourth-order valence-electron chi connectivity index (χ4n) is 1.23. The van der Waals surface area contributed by atoms with Gasteiger partial charge in [-0.1, -0.05) is 13.3 Å². The normalized spacial score (nSPS) is 11.8. The molecule has 124 valence electrons. The van der Waals surface area contributed by atoms with Gasteiger partial charge in [0.15, 0.2) is 6.10 Å². The predicted molar refractivity (Wildman–Crippen MR) is 75.1 cm³/mol. The van der Waals surface area contributed by atoms with E-state index in [0.29, 0.717) is 13.2 Å². The molecule has 0 saturated heterocycles. The van der Waals surface area contributed by atoms with Gasteiger partial charge in [-0.15, -0.1) is 0 Å². The van der Waals surface area contributed by atoms with Crippen LogP contribution in [0.4, 0.5) is 4.79 Å². The van der Waals surface area contributed by atoms with Crippen molar-refractivity contribution in [3.8, 4) is 0 Å². The minimum absolute atomic E-state index is 0.102. The van der Waals surface area contributed by atoms with Gasteiger partial charge < -0.3 is 23.7 Å². The highest BCUT2D eigenvalue weighted by atomic mass is 16.7. The van der Waals surface area contributed by atoms with E-state index in [1.54, 1.807) is 6.92 Å². The zero-order chi connectivity index (χ0) is 15.9. The highest BCUT2D eigenvalue weighted by molar-refractivity contribution is 5.76. The number of hydrogen-bond donors (Lipinski definition) is 0. The third-order valence-corrected chi connectivity index (χ3v) is 2.35. The summed E-state index contributed by atoms with van der Waals surface area (Å²) in [6, 6.07) is 0. The van der Waals surface area contributed by atoms with Crippen LogP contribution in [-0.4, -0.2) is 57.9 Å². The Morgan fingerprint density at radius 1 is 0.905 bits per heavy atom. The molecule has 0 heterocycles. The molecule has 0 N–H and O–H groups in total. The molecular formula is C14H26O7. The summed E-state index contributed by atoms with van der Waals surface area (Å²) < 4.78 is 24.7. The largest absolute Gasteiger partial charge is 0.509 e. The second-order valence-electron chi connectivity index (χ2n) is 4.19. The van der Waals surface area contributed by atoms with Crippen LogP contribution in [0.25, 0.3) is 0 Å². The van der Waals surface area contributed by atoms with Crippen LogP contribution < -0.4 is 0 Å². The van der Waals surface area contributed by atoms with Crippen molar-refractivity contribution in [2.75, 3.05) is 39.6 Å². The molecule has 1 atom stereocenters. The van der Waals surface area contributed by atoms with Gasteiger partial charge >= 0.3 is 12.1 Å². The highest BCUT2D eigenvalue weighted by Gasteiger charge is 2.19. The molecule has 0 aliphatic heterocycles. The van der Waals surface area contributed by atoms with E-state index in [1.165, 1.54) is 6.92 Å². The van der Waals surface area contributed by atoms with Crippen LogP contribution in [0.3, 0.4) is 0 Å². The zero-order valence-electron chi connectivity index (χ0n) is 13.1. The molecule has 0 rings (SSSR count). The van der Waals surface area contributed by atoms with Gasteiger partial charge in [0, 0.05) is 6.61 Å². The van der Waals surface area contributed by atoms with Gasteiger partial charge in [0.05, 0.1) is 26.4 Å². The molecule has 0 aliphatic carbocycles. The molecular weight excluding hydrogens is 280 g/mol. The molecule has 0 unspecified atom stereocenters. The Morgan fingerprint density at radius 2 is 1.52 bits per heavy atom. The van der Waals surface area contributed by atoms with E-state index in [-0.39, 0.29) is 19.8 Å². The van der Waals surface area contributed by atoms with Gasteiger partial charge in [-0.3, -0.25) is 0 Å². The first-order valence-corrected chi connectivity index (χ1v) is 7.27. The smallest absolute Gasteiger partial charge is 0.461 e. The van der Waals surface area contributed by atoms with Crippen molar-refractivity contribution >= 4 is 12.1 Å². The van der Waals surface area contributed by atoms with Gasteiger partial charge in [-0.25, -0.2) is 9.59 Å². The molecule has 0 bridgehead atoms. The SMILES string of the molecule is CCCCOCCOCCOC(=O)[C@H](C)OC(=O)OCC. The van der Waals surface area contributed by atoms with Crippen LogP contribution >= 0.6 is 0 Å². The number of hydrogen-bond acceptors (Lipinski definition) is 7. The summed E-state index contributed by atoms with van der Waals surface area (Å²) in [5, 5.41) is 0. The molecule has 0 fully saturated rings. The maximum Gasteiger partial charge on any atom is 0.509 e. The molecule has 7 heteroatoms. The minimum atomic E-state index is -0.999. The summed E-state index contributed by atoms with van der Waals surface area (Å²) in [5.74, 6) is -0.633. The first-order chi connectivity index (χ1) is 10.1. The number of rotatable bonds is 12. The summed E-state index contributed by atoms with van der Waals surface area (Å²) in [4.78, 5) is 22.4. The van der Waals surface area contributed by atoms with Gasteiger partial charge in [0.25, 0.3) is 0 Å². The molecule has 21 heavy (non-hydrogen) atoms. The Morgan fingerprint density at radius 3 is 2.14 bits per heavy atom. The lowest BCUT2D eigenvalue weighted by molar-refractivity contribution is -0.155. The standard InChI is InChI=1S/C14H26O7/c1-4-6-7-17-8-9-18-10-11-20-13(15)12(3)21-14(16)19-5-2/h12H,4-11H2,1-3H3/t12-/m0/s1. The average Bonchev–Trinajstić information content (AvgIpc) is 2.45. The molecule has 0 aromatic rings. The fourth-order valence-corrected chi connectivity index (χ4v) is 1.23. The van der Waals surface area contributed by atoms with Gasteiger partial charge in [-0.05, 0) is 20.3 Å². The molecule has 0 amide bonds. The van der Waals surface area contributed by atoms with Crippen molar-refractivity contribution in [1.29, 1.82) is 0 Å². The van der Waals surface area contributed by atoms with Crippen molar-refractivity contribution in [2.24, 2.45) is 0 Å². The lowest BCUT2D eigenvalue weighted by Gasteiger charge is -2.12. The summed E-state index contributed by atoms with van der Waals surface area (Å²) >= 11 is 0. The Hall–Kier alpha value is -1.34. The van der Waals surface area contributed by atoms with E-state index in [1.807, 2.05) is 0 Å². The molecule has 0 radical (unpaired) electrons. The summed E-state index contributed by atoms with van der Waals surface area (Å²) in [6.07, 6.45) is 0.252. The summed E-state index contributed by atoms with van der Waals surface area (Å²) in [7, 11) is 0. The first-order valence-electron chi connectivity index (χ1n) is 7.27. The van der Waals surface area contributed by atoms with E-state index in [9.17, 15) is 9.59 Å². The molecule has 0 aromatic heterocycles. The fraction of sp³-hybridized carbons (Fsp3) is 0.857. The lowest BCUT2D eigenvalue weighted by Crippen LogP contribution is -2.27. The highest BCUT2D eigenvalue weighted by Crippen LogP contribution is 1.98. The third-order valence-electron chi connectivity index (χ3n) is 2.35. The topological polar surface area (TPSA) is 80.3 Å². The third kappa shape index (κ3) is 12.1. The number of carbonyl (C=O) groups is 2. The van der Waals surface area contributed by atoms with Gasteiger partial charge in [0.1, 0.15) is 6.61 Å². The summed E-state index contributed by atoms with van der Waals surface area (Å²) in [6.45, 7) is 7.44. The monoisotopic (exact) mass is 306 g/mol. The van der Waals surface area contributed by atoms with Gasteiger partial charge in [0.2, 0.25) is 0 Å². The maximum atomic E-state index is 11.5. The molecule has 0 aromatic carbocycles. The zero-order valence-corrected chi connectivity index (χ0v) is 13.1. The van der Waals surface area contributed by atoms with Crippen LogP contribution in [0, 0.1) is 0 Å². The van der Waals surface area contributed by atoms with Crippen molar-refractivity contribution in [3.05, 3.63) is 0 Å². The molecule has 0 saturated carbocycles. The second-order valence-corrected chi connectivity index (χ2v) is 4.19. The Balaban J connectivity index is 3.46. The first kappa shape index (κ1) is 19.7. The van der Waals surface area contributed by atoms with Crippen molar-refractivity contribution < 1.29 is 33.3 Å². The Labute approximate surface area is 125 Å². The van der Waals surface area contributed by atoms with Crippen molar-refractivity contribution in [3.63, 3.8) is 0 Å². The van der Waals surface area contributed by atoms with Crippen LogP contribution in [0.2, 0.25) is 0 Å². The van der Waals surface area contributed by atoms with Gasteiger partial charge in [-0.2, -0.15) is 0 Å². The lowest BCUT2D eigenvalue weighted by atomic mass is 10.4. The number of unbranched alkanes of at least 4 members (excludes halogenated alkanes) is 1. The maximum absolute atomic E-state index is 11.5. The Bertz CT molecular complexity index is 280. The summed E-state index contributed by atoms with van der Waals surface area (Å²) in [5.41, 5.74) is 0. The number of ether oxygens (including phenoxy) is 5. The molecule has 7 nitrogen and oxygen atoms in total. The molecule has 0 aliphatic rings. The van der Waals surface area contributed by atoms with Crippen LogP contribution in [0.1, 0.15) is 33.6 Å².